The highest BCUT2D eigenvalue weighted by Crippen LogP contribution is 2.36. The zero-order valence-corrected chi connectivity index (χ0v) is 17.7. The molecule has 10 heteroatoms. The molecule has 0 unspecified atom stereocenters. The van der Waals surface area contributed by atoms with Crippen molar-refractivity contribution in [3.63, 3.8) is 0 Å². The van der Waals surface area contributed by atoms with E-state index in [1.54, 1.807) is 30.3 Å². The van der Waals surface area contributed by atoms with E-state index in [2.05, 4.69) is 5.32 Å². The molecule has 4 nitrogen and oxygen atoms in total. The van der Waals surface area contributed by atoms with Crippen molar-refractivity contribution >= 4 is 34.2 Å². The Morgan fingerprint density at radius 1 is 1.00 bits per heavy atom. The van der Waals surface area contributed by atoms with Crippen LogP contribution in [0.1, 0.15) is 11.1 Å². The van der Waals surface area contributed by atoms with Crippen molar-refractivity contribution in [1.29, 1.82) is 0 Å². The first kappa shape index (κ1) is 23.4. The molecule has 0 aliphatic heterocycles. The largest absolute Gasteiger partial charge is 0.422 e. The zero-order chi connectivity index (χ0) is 24.6. The third-order valence-electron chi connectivity index (χ3n) is 5.00. The number of anilines is 1. The minimum absolute atomic E-state index is 0.0303. The van der Waals surface area contributed by atoms with E-state index in [9.17, 15) is 31.5 Å². The molecule has 34 heavy (non-hydrogen) atoms. The van der Waals surface area contributed by atoms with Crippen molar-refractivity contribution in [2.75, 3.05) is 5.32 Å². The second-order valence-corrected chi connectivity index (χ2v) is 7.69. The average Bonchev–Trinajstić information content (AvgIpc) is 2.77. The van der Waals surface area contributed by atoms with E-state index in [-0.39, 0.29) is 33.2 Å². The number of benzene rings is 3. The van der Waals surface area contributed by atoms with Gasteiger partial charge in [0.15, 0.2) is 0 Å². The first-order valence-corrected chi connectivity index (χ1v) is 10.1. The van der Waals surface area contributed by atoms with Crippen molar-refractivity contribution in [3.8, 4) is 11.1 Å². The fraction of sp³-hybridized carbons (Fsp3) is 0.0833. The quantitative estimate of drug-likeness (QED) is 0.258. The van der Waals surface area contributed by atoms with Gasteiger partial charge < -0.3 is 9.73 Å². The normalized spacial score (nSPS) is 11.6. The molecule has 1 heterocycles. The molecule has 0 fully saturated rings. The van der Waals surface area contributed by atoms with Gasteiger partial charge in [-0.1, -0.05) is 41.9 Å². The summed E-state index contributed by atoms with van der Waals surface area (Å²) in [6.45, 7) is 0. The maximum atomic E-state index is 14.2. The van der Waals surface area contributed by atoms with Gasteiger partial charge in [0, 0.05) is 17.0 Å². The maximum Gasteiger partial charge on any atom is 0.418 e. The summed E-state index contributed by atoms with van der Waals surface area (Å²) in [4.78, 5) is 25.5. The standard InChI is InChI=1S/C24H13ClF5NO3/c25-17-11-20-14(9-18(17)27)22(12-4-2-1-3-5-12)15(23(33)34-20)10-21(32)31-19-7-6-13(26)8-16(19)24(28,29)30/h1-9,11H,10H2,(H,31,32). The van der Waals surface area contributed by atoms with Crippen molar-refractivity contribution in [2.45, 2.75) is 12.6 Å². The van der Waals surface area contributed by atoms with E-state index in [1.165, 1.54) is 0 Å². The number of fused-ring (bicyclic) bond motifs is 1. The van der Waals surface area contributed by atoms with Crippen LogP contribution in [0.15, 0.2) is 69.9 Å². The highest BCUT2D eigenvalue weighted by molar-refractivity contribution is 6.31. The van der Waals surface area contributed by atoms with Crippen molar-refractivity contribution in [3.05, 3.63) is 98.9 Å². The molecule has 1 amide bonds. The van der Waals surface area contributed by atoms with Crippen LogP contribution in [-0.2, 0) is 17.4 Å². The summed E-state index contributed by atoms with van der Waals surface area (Å²) in [5.74, 6) is -2.92. The Morgan fingerprint density at radius 2 is 1.71 bits per heavy atom. The predicted octanol–water partition coefficient (Wildman–Crippen LogP) is 6.59. The molecular formula is C24H13ClF5NO3. The smallest absolute Gasteiger partial charge is 0.418 e. The monoisotopic (exact) mass is 493 g/mol. The average molecular weight is 494 g/mol. The van der Waals surface area contributed by atoms with Crippen LogP contribution in [0.4, 0.5) is 27.6 Å². The summed E-state index contributed by atoms with van der Waals surface area (Å²) in [5.41, 5.74) is -2.62. The second-order valence-electron chi connectivity index (χ2n) is 7.28. The molecule has 0 aliphatic rings. The Hall–Kier alpha value is -3.72. The molecule has 1 N–H and O–H groups in total. The van der Waals surface area contributed by atoms with Crippen LogP contribution in [-0.4, -0.2) is 5.91 Å². The van der Waals surface area contributed by atoms with E-state index in [0.29, 0.717) is 5.56 Å². The minimum atomic E-state index is -4.93. The number of hydrogen-bond donors (Lipinski definition) is 1. The van der Waals surface area contributed by atoms with Crippen molar-refractivity contribution in [1.82, 2.24) is 0 Å². The van der Waals surface area contributed by atoms with Crippen molar-refractivity contribution < 1.29 is 31.2 Å². The zero-order valence-electron chi connectivity index (χ0n) is 17.0. The van der Waals surface area contributed by atoms with Crippen LogP contribution in [0.25, 0.3) is 22.1 Å². The van der Waals surface area contributed by atoms with Gasteiger partial charge >= 0.3 is 11.8 Å². The van der Waals surface area contributed by atoms with Gasteiger partial charge in [0.2, 0.25) is 5.91 Å². The summed E-state index contributed by atoms with van der Waals surface area (Å²) in [5, 5.41) is 1.93. The molecular weight excluding hydrogens is 481 g/mol. The number of halogens is 6. The lowest BCUT2D eigenvalue weighted by molar-refractivity contribution is -0.137. The van der Waals surface area contributed by atoms with E-state index < -0.39 is 47.0 Å². The molecule has 0 atom stereocenters. The Morgan fingerprint density at radius 3 is 2.38 bits per heavy atom. The second kappa shape index (κ2) is 8.90. The van der Waals surface area contributed by atoms with E-state index in [0.717, 1.165) is 24.3 Å². The summed E-state index contributed by atoms with van der Waals surface area (Å²) < 4.78 is 72.6. The maximum absolute atomic E-state index is 14.2. The number of nitrogens with one attached hydrogen (secondary N) is 1. The third-order valence-corrected chi connectivity index (χ3v) is 5.29. The lowest BCUT2D eigenvalue weighted by Gasteiger charge is -2.15. The first-order valence-electron chi connectivity index (χ1n) is 9.71. The van der Waals surface area contributed by atoms with Gasteiger partial charge in [-0.15, -0.1) is 0 Å². The Balaban J connectivity index is 1.82. The van der Waals surface area contributed by atoms with Gasteiger partial charge in [0.1, 0.15) is 17.2 Å². The molecule has 0 bridgehead atoms. The fourth-order valence-electron chi connectivity index (χ4n) is 3.54. The molecule has 0 spiro atoms. The molecule has 1 aromatic heterocycles. The molecule has 174 valence electrons. The lowest BCUT2D eigenvalue weighted by atomic mass is 9.95. The summed E-state index contributed by atoms with van der Waals surface area (Å²) in [6, 6.07) is 12.2. The Bertz CT molecular complexity index is 1470. The van der Waals surface area contributed by atoms with Crippen LogP contribution in [0.2, 0.25) is 5.02 Å². The van der Waals surface area contributed by atoms with Gasteiger partial charge in [-0.05, 0) is 29.8 Å². The van der Waals surface area contributed by atoms with E-state index in [1.807, 2.05) is 0 Å². The van der Waals surface area contributed by atoms with Crippen LogP contribution in [0, 0.1) is 11.6 Å². The van der Waals surface area contributed by atoms with Crippen LogP contribution in [0.3, 0.4) is 0 Å². The number of carbonyl (C=O) groups is 1. The highest BCUT2D eigenvalue weighted by Gasteiger charge is 2.34. The first-order chi connectivity index (χ1) is 16.0. The van der Waals surface area contributed by atoms with Crippen LogP contribution < -0.4 is 10.9 Å². The molecule has 0 saturated carbocycles. The number of alkyl halides is 3. The molecule has 0 aliphatic carbocycles. The van der Waals surface area contributed by atoms with Crippen molar-refractivity contribution in [2.24, 2.45) is 0 Å². The molecule has 0 radical (unpaired) electrons. The van der Waals surface area contributed by atoms with E-state index in [4.69, 9.17) is 16.0 Å². The van der Waals surface area contributed by atoms with Crippen LogP contribution >= 0.6 is 11.6 Å². The summed E-state index contributed by atoms with van der Waals surface area (Å²) in [7, 11) is 0. The topological polar surface area (TPSA) is 59.3 Å². The lowest BCUT2D eigenvalue weighted by Crippen LogP contribution is -2.22. The predicted molar refractivity (Wildman–Crippen MR) is 117 cm³/mol. The number of carbonyl (C=O) groups excluding carboxylic acids is 1. The summed E-state index contributed by atoms with van der Waals surface area (Å²) in [6.07, 6.45) is -5.62. The van der Waals surface area contributed by atoms with E-state index >= 15 is 0 Å². The van der Waals surface area contributed by atoms with Gasteiger partial charge in [0.25, 0.3) is 0 Å². The minimum Gasteiger partial charge on any atom is -0.422 e. The number of rotatable bonds is 4. The Labute approximate surface area is 193 Å². The highest BCUT2D eigenvalue weighted by atomic mass is 35.5. The fourth-order valence-corrected chi connectivity index (χ4v) is 3.70. The van der Waals surface area contributed by atoms with Gasteiger partial charge in [0.05, 0.1) is 28.3 Å². The van der Waals surface area contributed by atoms with Crippen LogP contribution in [0.5, 0.6) is 0 Å². The molecule has 0 saturated heterocycles. The molecule has 3 aromatic carbocycles. The van der Waals surface area contributed by atoms with Gasteiger partial charge in [-0.25, -0.2) is 13.6 Å². The number of amides is 1. The van der Waals surface area contributed by atoms with Gasteiger partial charge in [-0.3, -0.25) is 4.79 Å². The summed E-state index contributed by atoms with van der Waals surface area (Å²) >= 11 is 5.80. The van der Waals surface area contributed by atoms with Gasteiger partial charge in [-0.2, -0.15) is 13.2 Å². The number of hydrogen-bond acceptors (Lipinski definition) is 3. The molecule has 4 rings (SSSR count). The molecule has 4 aromatic rings. The third kappa shape index (κ3) is 4.65. The SMILES string of the molecule is O=C(Cc1c(-c2ccccc2)c2cc(F)c(Cl)cc2oc1=O)Nc1ccc(F)cc1C(F)(F)F. The Kier molecular flexibility index (Phi) is 6.14.